The molecule has 0 spiro atoms. The molecule has 1 amide bonds. The number of carbonyl (C=O) groups is 2. The van der Waals surface area contributed by atoms with Gasteiger partial charge >= 0.3 is 0 Å². The predicted molar refractivity (Wildman–Crippen MR) is 58.6 cm³/mol. The van der Waals surface area contributed by atoms with Crippen LogP contribution < -0.4 is 5.32 Å². The van der Waals surface area contributed by atoms with E-state index in [2.05, 4.69) is 5.32 Å². The molecule has 1 N–H and O–H groups in total. The Kier molecular flexibility index (Phi) is 4.75. The molecule has 0 aliphatic heterocycles. The number of nitrogens with zero attached hydrogens (tertiary/aromatic N) is 1. The van der Waals surface area contributed by atoms with Gasteiger partial charge in [0.15, 0.2) is 0 Å². The summed E-state index contributed by atoms with van der Waals surface area (Å²) in [5.74, 6) is 0.306. The van der Waals surface area contributed by atoms with Crippen LogP contribution in [0.3, 0.4) is 0 Å². The van der Waals surface area contributed by atoms with Crippen LogP contribution in [0, 0.1) is 0 Å². The van der Waals surface area contributed by atoms with E-state index in [-0.39, 0.29) is 11.9 Å². The summed E-state index contributed by atoms with van der Waals surface area (Å²) in [5, 5.41) is 2.76. The molecule has 0 saturated heterocycles. The van der Waals surface area contributed by atoms with Crippen LogP contribution in [0.1, 0.15) is 33.1 Å². The van der Waals surface area contributed by atoms with Gasteiger partial charge in [-0.15, -0.1) is 0 Å². The third kappa shape index (κ3) is 3.30. The fraction of sp³-hybridized carbons (Fsp3) is 0.818. The lowest BCUT2D eigenvalue weighted by molar-refractivity contribution is -0.125. The van der Waals surface area contributed by atoms with Gasteiger partial charge in [0.2, 0.25) is 5.91 Å². The zero-order chi connectivity index (χ0) is 11.3. The van der Waals surface area contributed by atoms with Crippen LogP contribution in [0.25, 0.3) is 0 Å². The third-order valence-electron chi connectivity index (χ3n) is 2.84. The van der Waals surface area contributed by atoms with Crippen LogP contribution in [0.15, 0.2) is 0 Å². The topological polar surface area (TPSA) is 49.4 Å². The molecule has 1 rings (SSSR count). The Morgan fingerprint density at radius 3 is 2.73 bits per heavy atom. The van der Waals surface area contributed by atoms with E-state index >= 15 is 0 Å². The quantitative estimate of drug-likeness (QED) is 0.724. The smallest absolute Gasteiger partial charge is 0.234 e. The highest BCUT2D eigenvalue weighted by Crippen LogP contribution is 2.19. The summed E-state index contributed by atoms with van der Waals surface area (Å²) in [7, 11) is 0. The van der Waals surface area contributed by atoms with Crippen molar-refractivity contribution in [3.63, 3.8) is 0 Å². The highest BCUT2D eigenvalue weighted by atomic mass is 16.2. The number of hydrogen-bond acceptors (Lipinski definition) is 3. The van der Waals surface area contributed by atoms with Gasteiger partial charge in [-0.25, -0.2) is 0 Å². The first kappa shape index (κ1) is 12.2. The van der Waals surface area contributed by atoms with Crippen molar-refractivity contribution in [2.24, 2.45) is 0 Å². The number of nitrogens with one attached hydrogen (secondary N) is 1. The second kappa shape index (κ2) is 5.85. The van der Waals surface area contributed by atoms with Gasteiger partial charge in [-0.05, 0) is 26.3 Å². The second-order valence-electron chi connectivity index (χ2n) is 3.89. The minimum Gasteiger partial charge on any atom is -0.355 e. The van der Waals surface area contributed by atoms with Gasteiger partial charge in [-0.3, -0.25) is 14.5 Å². The lowest BCUT2D eigenvalue weighted by Crippen LogP contribution is -2.44. The molecular formula is C11H20N2O2. The van der Waals surface area contributed by atoms with Crippen LogP contribution >= 0.6 is 0 Å². The zero-order valence-electron chi connectivity index (χ0n) is 9.58. The summed E-state index contributed by atoms with van der Waals surface area (Å²) in [6.07, 6.45) is 2.55. The van der Waals surface area contributed by atoms with E-state index in [1.54, 1.807) is 0 Å². The molecule has 0 aromatic carbocycles. The Hall–Kier alpha value is -0.900. The fourth-order valence-corrected chi connectivity index (χ4v) is 2.06. The van der Waals surface area contributed by atoms with E-state index in [4.69, 9.17) is 0 Å². The summed E-state index contributed by atoms with van der Waals surface area (Å²) in [5.41, 5.74) is 0. The van der Waals surface area contributed by atoms with Gasteiger partial charge in [0.1, 0.15) is 5.78 Å². The van der Waals surface area contributed by atoms with Crippen LogP contribution in [0.2, 0.25) is 0 Å². The molecule has 1 fully saturated rings. The summed E-state index contributed by atoms with van der Waals surface area (Å²) < 4.78 is 0. The van der Waals surface area contributed by atoms with Crippen molar-refractivity contribution in [1.29, 1.82) is 0 Å². The van der Waals surface area contributed by atoms with Crippen molar-refractivity contribution in [3.05, 3.63) is 0 Å². The van der Waals surface area contributed by atoms with Crippen LogP contribution in [0.5, 0.6) is 0 Å². The molecule has 1 saturated carbocycles. The number of hydrogen-bond donors (Lipinski definition) is 1. The van der Waals surface area contributed by atoms with E-state index in [9.17, 15) is 9.59 Å². The molecule has 1 aliphatic rings. The van der Waals surface area contributed by atoms with Crippen molar-refractivity contribution in [3.8, 4) is 0 Å². The largest absolute Gasteiger partial charge is 0.355 e. The Bertz CT molecular complexity index is 241. The first-order chi connectivity index (χ1) is 7.19. The average molecular weight is 212 g/mol. The van der Waals surface area contributed by atoms with Crippen molar-refractivity contribution in [2.45, 2.75) is 39.2 Å². The molecule has 86 valence electrons. The fourth-order valence-electron chi connectivity index (χ4n) is 2.06. The number of likely N-dealkylation sites (N-methyl/N-ethyl adjacent to an activating group) is 2. The van der Waals surface area contributed by atoms with E-state index in [0.29, 0.717) is 25.3 Å². The lowest BCUT2D eigenvalue weighted by atomic mass is 10.2. The summed E-state index contributed by atoms with van der Waals surface area (Å²) in [6.45, 7) is 5.64. The Morgan fingerprint density at radius 2 is 2.27 bits per heavy atom. The monoisotopic (exact) mass is 212 g/mol. The average Bonchev–Trinajstić information content (AvgIpc) is 2.61. The van der Waals surface area contributed by atoms with Gasteiger partial charge in [0.25, 0.3) is 0 Å². The van der Waals surface area contributed by atoms with Gasteiger partial charge in [-0.2, -0.15) is 0 Å². The van der Waals surface area contributed by atoms with Gasteiger partial charge < -0.3 is 5.32 Å². The highest BCUT2D eigenvalue weighted by Gasteiger charge is 2.30. The first-order valence-electron chi connectivity index (χ1n) is 5.72. The standard InChI is InChI=1S/C11H20N2O2/c1-3-12-11(15)8-13(4-2)9-6-5-7-10(9)14/h9H,3-8H2,1-2H3,(H,12,15). The molecule has 1 atom stereocenters. The molecule has 4 heteroatoms. The van der Waals surface area contributed by atoms with E-state index < -0.39 is 0 Å². The summed E-state index contributed by atoms with van der Waals surface area (Å²) >= 11 is 0. The molecule has 0 heterocycles. The molecular weight excluding hydrogens is 192 g/mol. The highest BCUT2D eigenvalue weighted by molar-refractivity contribution is 5.87. The van der Waals surface area contributed by atoms with Gasteiger partial charge in [-0.1, -0.05) is 6.92 Å². The summed E-state index contributed by atoms with van der Waals surface area (Å²) in [4.78, 5) is 24.9. The summed E-state index contributed by atoms with van der Waals surface area (Å²) in [6, 6.07) is -0.0161. The van der Waals surface area contributed by atoms with E-state index in [1.165, 1.54) is 0 Å². The minimum atomic E-state index is -0.0161. The van der Waals surface area contributed by atoms with Gasteiger partial charge in [0.05, 0.1) is 12.6 Å². The Labute approximate surface area is 91.0 Å². The van der Waals surface area contributed by atoms with Crippen LogP contribution in [0.4, 0.5) is 0 Å². The molecule has 0 aromatic heterocycles. The third-order valence-corrected chi connectivity index (χ3v) is 2.84. The van der Waals surface area contributed by atoms with Crippen molar-refractivity contribution in [1.82, 2.24) is 10.2 Å². The maximum atomic E-state index is 11.5. The first-order valence-corrected chi connectivity index (χ1v) is 5.72. The molecule has 15 heavy (non-hydrogen) atoms. The van der Waals surface area contributed by atoms with Crippen molar-refractivity contribution in [2.75, 3.05) is 19.6 Å². The minimum absolute atomic E-state index is 0.0130. The molecule has 0 aromatic rings. The van der Waals surface area contributed by atoms with Crippen molar-refractivity contribution >= 4 is 11.7 Å². The number of carbonyl (C=O) groups excluding carboxylic acids is 2. The molecule has 0 radical (unpaired) electrons. The maximum Gasteiger partial charge on any atom is 0.234 e. The number of rotatable bonds is 5. The normalized spacial score (nSPS) is 21.0. The predicted octanol–water partition coefficient (Wildman–Crippen LogP) is 0.566. The van der Waals surface area contributed by atoms with Crippen LogP contribution in [-0.2, 0) is 9.59 Å². The maximum absolute atomic E-state index is 11.5. The molecule has 4 nitrogen and oxygen atoms in total. The zero-order valence-corrected chi connectivity index (χ0v) is 9.58. The number of Topliss-reactive ketones (excluding diaryl/α,β-unsaturated/α-hetero) is 1. The van der Waals surface area contributed by atoms with E-state index in [0.717, 1.165) is 19.4 Å². The van der Waals surface area contributed by atoms with Crippen LogP contribution in [-0.4, -0.2) is 42.3 Å². The van der Waals surface area contributed by atoms with Gasteiger partial charge in [0, 0.05) is 13.0 Å². The Morgan fingerprint density at radius 1 is 1.53 bits per heavy atom. The number of ketones is 1. The lowest BCUT2D eigenvalue weighted by Gasteiger charge is -2.25. The molecule has 1 unspecified atom stereocenters. The van der Waals surface area contributed by atoms with E-state index in [1.807, 2.05) is 18.7 Å². The second-order valence-corrected chi connectivity index (χ2v) is 3.89. The Balaban J connectivity index is 2.47. The van der Waals surface area contributed by atoms with Crippen molar-refractivity contribution < 1.29 is 9.59 Å². The number of amides is 1. The molecule has 1 aliphatic carbocycles. The molecule has 0 bridgehead atoms. The SMILES string of the molecule is CCNC(=O)CN(CC)C1CCCC1=O.